The molecule has 2 saturated heterocycles. The Bertz CT molecular complexity index is 218. The number of rotatable bonds is 0. The van der Waals surface area contributed by atoms with Crippen molar-refractivity contribution in [3.05, 3.63) is 0 Å². The Labute approximate surface area is 91.5 Å². The van der Waals surface area contributed by atoms with Crippen molar-refractivity contribution >= 4 is 0 Å². The maximum atomic E-state index is 6.11. The molecule has 3 fully saturated rings. The zero-order valence-electron chi connectivity index (χ0n) is 9.39. The van der Waals surface area contributed by atoms with Gasteiger partial charge in [0.1, 0.15) is 5.72 Å². The van der Waals surface area contributed by atoms with Crippen LogP contribution in [0, 0.1) is 5.41 Å². The van der Waals surface area contributed by atoms with Gasteiger partial charge in [0.15, 0.2) is 0 Å². The lowest BCUT2D eigenvalue weighted by Crippen LogP contribution is -2.61. The van der Waals surface area contributed by atoms with E-state index in [1.165, 1.54) is 25.7 Å². The smallest absolute Gasteiger partial charge is 0.142 e. The highest BCUT2D eigenvalue weighted by Gasteiger charge is 2.45. The first kappa shape index (κ1) is 10.1. The molecule has 1 N–H and O–H groups in total. The Hall–Kier alpha value is -0.120. The molecule has 0 aromatic carbocycles. The standard InChI is InChI=1S/C12H21NO2/c1-2-5-11(4-1)8-13-12(15-9-11)6-3-7-14-10-12/h13H,1-10H2. The van der Waals surface area contributed by atoms with Gasteiger partial charge in [0.05, 0.1) is 13.2 Å². The number of ether oxygens (including phenoxy) is 2. The zero-order chi connectivity index (χ0) is 10.2. The van der Waals surface area contributed by atoms with Crippen LogP contribution < -0.4 is 5.32 Å². The van der Waals surface area contributed by atoms with E-state index in [2.05, 4.69) is 5.32 Å². The second-order valence-electron chi connectivity index (χ2n) is 5.50. The molecule has 1 saturated carbocycles. The van der Waals surface area contributed by atoms with Crippen LogP contribution in [0.4, 0.5) is 0 Å². The Balaban J connectivity index is 1.63. The van der Waals surface area contributed by atoms with Gasteiger partial charge in [-0.2, -0.15) is 0 Å². The molecule has 2 heterocycles. The number of nitrogens with one attached hydrogen (secondary N) is 1. The molecule has 1 atom stereocenters. The Morgan fingerprint density at radius 3 is 2.40 bits per heavy atom. The van der Waals surface area contributed by atoms with Crippen LogP contribution in [0.5, 0.6) is 0 Å². The first-order valence-corrected chi connectivity index (χ1v) is 6.30. The lowest BCUT2D eigenvalue weighted by Gasteiger charge is -2.47. The minimum atomic E-state index is -0.133. The molecule has 0 amide bonds. The molecule has 0 radical (unpaired) electrons. The first-order valence-electron chi connectivity index (χ1n) is 6.30. The average molecular weight is 211 g/mol. The van der Waals surface area contributed by atoms with Crippen molar-refractivity contribution in [2.24, 2.45) is 5.41 Å². The Morgan fingerprint density at radius 2 is 1.80 bits per heavy atom. The third kappa shape index (κ3) is 1.81. The molecule has 0 aromatic rings. The molecule has 0 aromatic heterocycles. The van der Waals surface area contributed by atoms with Crippen molar-refractivity contribution < 1.29 is 9.47 Å². The summed E-state index contributed by atoms with van der Waals surface area (Å²) in [6, 6.07) is 0. The van der Waals surface area contributed by atoms with Crippen molar-refractivity contribution in [1.29, 1.82) is 0 Å². The minimum Gasteiger partial charge on any atom is -0.377 e. The van der Waals surface area contributed by atoms with Crippen molar-refractivity contribution in [3.63, 3.8) is 0 Å². The van der Waals surface area contributed by atoms with Crippen LogP contribution in [0.3, 0.4) is 0 Å². The molecule has 1 unspecified atom stereocenters. The average Bonchev–Trinajstić information content (AvgIpc) is 2.74. The molecule has 86 valence electrons. The Morgan fingerprint density at radius 1 is 0.933 bits per heavy atom. The monoisotopic (exact) mass is 211 g/mol. The summed E-state index contributed by atoms with van der Waals surface area (Å²) in [5.74, 6) is 0. The molecule has 3 nitrogen and oxygen atoms in total. The fraction of sp³-hybridized carbons (Fsp3) is 1.00. The predicted octanol–water partition coefficient (Wildman–Crippen LogP) is 1.67. The summed E-state index contributed by atoms with van der Waals surface area (Å²) in [7, 11) is 0. The van der Waals surface area contributed by atoms with E-state index in [9.17, 15) is 0 Å². The SMILES string of the molecule is C1CCC2(C1)CNC1(CCCOC1)OC2. The van der Waals surface area contributed by atoms with E-state index in [0.29, 0.717) is 5.41 Å². The van der Waals surface area contributed by atoms with E-state index in [4.69, 9.17) is 9.47 Å². The van der Waals surface area contributed by atoms with Gasteiger partial charge in [-0.25, -0.2) is 0 Å². The van der Waals surface area contributed by atoms with Gasteiger partial charge in [-0.1, -0.05) is 12.8 Å². The van der Waals surface area contributed by atoms with Gasteiger partial charge < -0.3 is 9.47 Å². The van der Waals surface area contributed by atoms with E-state index in [1.807, 2.05) is 0 Å². The molecule has 3 rings (SSSR count). The highest BCUT2D eigenvalue weighted by atomic mass is 16.6. The van der Waals surface area contributed by atoms with Crippen LogP contribution in [0.2, 0.25) is 0 Å². The molecule has 2 aliphatic heterocycles. The predicted molar refractivity (Wildman–Crippen MR) is 57.6 cm³/mol. The molecule has 0 bridgehead atoms. The van der Waals surface area contributed by atoms with Gasteiger partial charge in [-0.15, -0.1) is 0 Å². The zero-order valence-corrected chi connectivity index (χ0v) is 9.39. The Kier molecular flexibility index (Phi) is 2.49. The van der Waals surface area contributed by atoms with Crippen molar-refractivity contribution in [1.82, 2.24) is 5.32 Å². The summed E-state index contributed by atoms with van der Waals surface area (Å²) in [6.07, 6.45) is 7.69. The van der Waals surface area contributed by atoms with Crippen LogP contribution in [-0.4, -0.2) is 32.1 Å². The molecule has 15 heavy (non-hydrogen) atoms. The largest absolute Gasteiger partial charge is 0.377 e. The van der Waals surface area contributed by atoms with Crippen LogP contribution in [0.15, 0.2) is 0 Å². The first-order chi connectivity index (χ1) is 7.33. The van der Waals surface area contributed by atoms with E-state index in [-0.39, 0.29) is 5.72 Å². The van der Waals surface area contributed by atoms with E-state index < -0.39 is 0 Å². The molecule has 1 aliphatic carbocycles. The van der Waals surface area contributed by atoms with Crippen LogP contribution in [0.1, 0.15) is 38.5 Å². The van der Waals surface area contributed by atoms with E-state index in [1.54, 1.807) is 0 Å². The third-order valence-electron chi connectivity index (χ3n) is 4.31. The number of hydrogen-bond acceptors (Lipinski definition) is 3. The van der Waals surface area contributed by atoms with Crippen LogP contribution in [0.25, 0.3) is 0 Å². The minimum absolute atomic E-state index is 0.133. The van der Waals surface area contributed by atoms with Crippen LogP contribution >= 0.6 is 0 Å². The van der Waals surface area contributed by atoms with Gasteiger partial charge in [-0.3, -0.25) is 5.32 Å². The second kappa shape index (κ2) is 3.72. The highest BCUT2D eigenvalue weighted by Crippen LogP contribution is 2.42. The number of hydrogen-bond donors (Lipinski definition) is 1. The van der Waals surface area contributed by atoms with Gasteiger partial charge in [0.2, 0.25) is 0 Å². The molecule has 3 heteroatoms. The molecular formula is C12H21NO2. The van der Waals surface area contributed by atoms with Gasteiger partial charge in [-0.05, 0) is 25.7 Å². The lowest BCUT2D eigenvalue weighted by molar-refractivity contribution is -0.194. The van der Waals surface area contributed by atoms with E-state index >= 15 is 0 Å². The van der Waals surface area contributed by atoms with Crippen molar-refractivity contribution in [3.8, 4) is 0 Å². The summed E-state index contributed by atoms with van der Waals surface area (Å²) in [5.41, 5.74) is 0.328. The summed E-state index contributed by atoms with van der Waals surface area (Å²) in [5, 5.41) is 3.62. The summed E-state index contributed by atoms with van der Waals surface area (Å²) in [4.78, 5) is 0. The third-order valence-corrected chi connectivity index (χ3v) is 4.31. The molecule has 3 aliphatic rings. The summed E-state index contributed by atoms with van der Waals surface area (Å²) >= 11 is 0. The molecular weight excluding hydrogens is 190 g/mol. The van der Waals surface area contributed by atoms with Crippen LogP contribution in [-0.2, 0) is 9.47 Å². The van der Waals surface area contributed by atoms with Gasteiger partial charge in [0, 0.05) is 18.6 Å². The maximum Gasteiger partial charge on any atom is 0.142 e. The van der Waals surface area contributed by atoms with Crippen molar-refractivity contribution in [2.45, 2.75) is 44.2 Å². The van der Waals surface area contributed by atoms with Gasteiger partial charge in [0.25, 0.3) is 0 Å². The molecule has 2 spiro atoms. The second-order valence-corrected chi connectivity index (χ2v) is 5.50. The van der Waals surface area contributed by atoms with E-state index in [0.717, 1.165) is 39.2 Å². The normalized spacial score (nSPS) is 40.0. The highest BCUT2D eigenvalue weighted by molar-refractivity contribution is 4.95. The fourth-order valence-corrected chi connectivity index (χ4v) is 3.21. The van der Waals surface area contributed by atoms with Crippen molar-refractivity contribution in [2.75, 3.05) is 26.4 Å². The van der Waals surface area contributed by atoms with Gasteiger partial charge >= 0.3 is 0 Å². The summed E-state index contributed by atoms with van der Waals surface area (Å²) < 4.78 is 11.6. The quantitative estimate of drug-likeness (QED) is 0.661. The summed E-state index contributed by atoms with van der Waals surface area (Å²) in [6.45, 7) is 3.72. The lowest BCUT2D eigenvalue weighted by atomic mass is 9.84. The fourth-order valence-electron chi connectivity index (χ4n) is 3.21. The maximum absolute atomic E-state index is 6.11. The topological polar surface area (TPSA) is 30.5 Å².